The van der Waals surface area contributed by atoms with E-state index in [0.29, 0.717) is 11.6 Å². The Morgan fingerprint density at radius 2 is 2.12 bits per heavy atom. The first-order valence-electron chi connectivity index (χ1n) is 8.09. The molecule has 0 aliphatic heterocycles. The number of methoxy groups -OCH3 is 1. The summed E-state index contributed by atoms with van der Waals surface area (Å²) in [5.41, 5.74) is 2.38. The normalized spacial score (nSPS) is 16.3. The van der Waals surface area contributed by atoms with Gasteiger partial charge in [-0.25, -0.2) is 4.68 Å². The van der Waals surface area contributed by atoms with Gasteiger partial charge in [0, 0.05) is 11.8 Å². The topological polar surface area (TPSA) is 73.2 Å². The number of benzene rings is 1. The van der Waals surface area contributed by atoms with Crippen LogP contribution in [0.3, 0.4) is 0 Å². The summed E-state index contributed by atoms with van der Waals surface area (Å²) in [6.07, 6.45) is 2.81. The highest BCUT2D eigenvalue weighted by atomic mass is 16.5. The monoisotopic (exact) mass is 327 g/mol. The SMILES string of the molecule is COc1ccc(NC(=O)Cn2nc3c(cc2=O)CC(C)CC3)cc1. The van der Waals surface area contributed by atoms with Crippen LogP contribution in [0.1, 0.15) is 24.6 Å². The van der Waals surface area contributed by atoms with Crippen LogP contribution in [0, 0.1) is 5.92 Å². The molecule has 126 valence electrons. The molecule has 0 saturated carbocycles. The minimum Gasteiger partial charge on any atom is -0.497 e. The fourth-order valence-corrected chi connectivity index (χ4v) is 2.94. The molecule has 0 radical (unpaired) electrons. The van der Waals surface area contributed by atoms with E-state index in [-0.39, 0.29) is 18.0 Å². The quantitative estimate of drug-likeness (QED) is 0.932. The Hall–Kier alpha value is -2.63. The molecule has 6 nitrogen and oxygen atoms in total. The number of aryl methyl sites for hydroxylation is 1. The lowest BCUT2D eigenvalue weighted by Gasteiger charge is -2.20. The zero-order chi connectivity index (χ0) is 17.1. The molecule has 1 aliphatic rings. The Labute approximate surface area is 140 Å². The molecule has 1 heterocycles. The van der Waals surface area contributed by atoms with Gasteiger partial charge in [0.2, 0.25) is 5.91 Å². The third kappa shape index (κ3) is 3.64. The molecular formula is C18H21N3O3. The number of carbonyl (C=O) groups excluding carboxylic acids is 1. The molecule has 24 heavy (non-hydrogen) atoms. The molecule has 0 fully saturated rings. The maximum Gasteiger partial charge on any atom is 0.267 e. The minimum atomic E-state index is -0.279. The number of hydrogen-bond acceptors (Lipinski definition) is 4. The zero-order valence-corrected chi connectivity index (χ0v) is 13.9. The number of ether oxygens (including phenoxy) is 1. The smallest absolute Gasteiger partial charge is 0.267 e. The van der Waals surface area contributed by atoms with Crippen molar-refractivity contribution in [2.24, 2.45) is 5.92 Å². The Morgan fingerprint density at radius 1 is 1.38 bits per heavy atom. The van der Waals surface area contributed by atoms with Gasteiger partial charge in [-0.3, -0.25) is 9.59 Å². The lowest BCUT2D eigenvalue weighted by Crippen LogP contribution is -2.32. The molecule has 1 aromatic carbocycles. The maximum atomic E-state index is 12.2. The molecule has 1 aliphatic carbocycles. The van der Waals surface area contributed by atoms with Crippen LogP contribution in [0.5, 0.6) is 5.75 Å². The predicted octanol–water partition coefficient (Wildman–Crippen LogP) is 2.02. The third-order valence-corrected chi connectivity index (χ3v) is 4.27. The zero-order valence-electron chi connectivity index (χ0n) is 13.9. The van der Waals surface area contributed by atoms with E-state index in [1.54, 1.807) is 37.4 Å². The molecule has 0 bridgehead atoms. The molecule has 1 amide bonds. The number of nitrogens with one attached hydrogen (secondary N) is 1. The third-order valence-electron chi connectivity index (χ3n) is 4.27. The molecule has 2 aromatic rings. The Bertz CT molecular complexity index is 796. The Kier molecular flexibility index (Phi) is 4.64. The molecule has 1 atom stereocenters. The average molecular weight is 327 g/mol. The summed E-state index contributed by atoms with van der Waals surface area (Å²) in [6.45, 7) is 2.09. The van der Waals surface area contributed by atoms with Crippen molar-refractivity contribution in [1.29, 1.82) is 0 Å². The van der Waals surface area contributed by atoms with Crippen molar-refractivity contribution < 1.29 is 9.53 Å². The fraction of sp³-hybridized carbons (Fsp3) is 0.389. The van der Waals surface area contributed by atoms with E-state index < -0.39 is 0 Å². The van der Waals surface area contributed by atoms with Crippen LogP contribution in [0.4, 0.5) is 5.69 Å². The van der Waals surface area contributed by atoms with Crippen molar-refractivity contribution in [3.63, 3.8) is 0 Å². The number of hydrogen-bond donors (Lipinski definition) is 1. The molecule has 6 heteroatoms. The van der Waals surface area contributed by atoms with Crippen LogP contribution in [0.15, 0.2) is 35.1 Å². The van der Waals surface area contributed by atoms with E-state index in [1.807, 2.05) is 0 Å². The number of fused-ring (bicyclic) bond motifs is 1. The van der Waals surface area contributed by atoms with Gasteiger partial charge >= 0.3 is 0 Å². The van der Waals surface area contributed by atoms with Crippen LogP contribution in [0.2, 0.25) is 0 Å². The van der Waals surface area contributed by atoms with E-state index in [2.05, 4.69) is 17.3 Å². The van der Waals surface area contributed by atoms with Gasteiger partial charge in [-0.15, -0.1) is 0 Å². The van der Waals surface area contributed by atoms with Crippen LogP contribution in [0.25, 0.3) is 0 Å². The summed E-state index contributed by atoms with van der Waals surface area (Å²) < 4.78 is 6.32. The summed E-state index contributed by atoms with van der Waals surface area (Å²) in [6, 6.07) is 8.65. The second-order valence-electron chi connectivity index (χ2n) is 6.24. The maximum absolute atomic E-state index is 12.2. The largest absolute Gasteiger partial charge is 0.497 e. The van der Waals surface area contributed by atoms with Crippen molar-refractivity contribution in [1.82, 2.24) is 9.78 Å². The van der Waals surface area contributed by atoms with Gasteiger partial charge in [0.15, 0.2) is 0 Å². The van der Waals surface area contributed by atoms with E-state index in [0.717, 1.165) is 36.3 Å². The van der Waals surface area contributed by atoms with Crippen molar-refractivity contribution in [3.8, 4) is 5.75 Å². The van der Waals surface area contributed by atoms with E-state index in [9.17, 15) is 9.59 Å². The predicted molar refractivity (Wildman–Crippen MR) is 91.3 cm³/mol. The standard InChI is InChI=1S/C18H21N3O3/c1-12-3-8-16-13(9-12)10-18(23)21(20-16)11-17(22)19-14-4-6-15(24-2)7-5-14/h4-7,10,12H,3,8-9,11H2,1-2H3,(H,19,22). The summed E-state index contributed by atoms with van der Waals surface area (Å²) in [5, 5.41) is 7.14. The van der Waals surface area contributed by atoms with Crippen molar-refractivity contribution in [3.05, 3.63) is 51.9 Å². The second-order valence-corrected chi connectivity index (χ2v) is 6.24. The number of aromatic nitrogens is 2. The van der Waals surface area contributed by atoms with Gasteiger partial charge in [-0.1, -0.05) is 6.92 Å². The van der Waals surface area contributed by atoms with E-state index in [4.69, 9.17) is 4.74 Å². The molecule has 0 spiro atoms. The van der Waals surface area contributed by atoms with Gasteiger partial charge in [0.05, 0.1) is 12.8 Å². The summed E-state index contributed by atoms with van der Waals surface area (Å²) in [5.74, 6) is 1.02. The van der Waals surface area contributed by atoms with Crippen LogP contribution >= 0.6 is 0 Å². The van der Waals surface area contributed by atoms with Crippen molar-refractivity contribution in [2.75, 3.05) is 12.4 Å². The van der Waals surface area contributed by atoms with Crippen LogP contribution in [-0.2, 0) is 24.2 Å². The lowest BCUT2D eigenvalue weighted by molar-refractivity contribution is -0.117. The molecule has 1 N–H and O–H groups in total. The van der Waals surface area contributed by atoms with E-state index in [1.165, 1.54) is 4.68 Å². The molecule has 1 unspecified atom stereocenters. The van der Waals surface area contributed by atoms with Crippen LogP contribution in [-0.4, -0.2) is 22.8 Å². The first kappa shape index (κ1) is 16.2. The lowest BCUT2D eigenvalue weighted by atomic mass is 9.88. The van der Waals surface area contributed by atoms with Crippen molar-refractivity contribution >= 4 is 11.6 Å². The Balaban J connectivity index is 1.71. The highest BCUT2D eigenvalue weighted by Crippen LogP contribution is 2.22. The van der Waals surface area contributed by atoms with Gasteiger partial charge in [-0.05, 0) is 55.0 Å². The average Bonchev–Trinajstić information content (AvgIpc) is 2.56. The molecule has 3 rings (SSSR count). The highest BCUT2D eigenvalue weighted by Gasteiger charge is 2.18. The molecule has 1 aromatic heterocycles. The highest BCUT2D eigenvalue weighted by molar-refractivity contribution is 5.90. The fourth-order valence-electron chi connectivity index (χ4n) is 2.94. The second kappa shape index (κ2) is 6.86. The first-order valence-corrected chi connectivity index (χ1v) is 8.09. The van der Waals surface area contributed by atoms with Gasteiger partial charge < -0.3 is 10.1 Å². The summed E-state index contributed by atoms with van der Waals surface area (Å²) >= 11 is 0. The number of carbonyl (C=O) groups is 1. The van der Waals surface area contributed by atoms with Crippen molar-refractivity contribution in [2.45, 2.75) is 32.7 Å². The summed E-state index contributed by atoms with van der Waals surface area (Å²) in [7, 11) is 1.59. The van der Waals surface area contributed by atoms with Gasteiger partial charge in [-0.2, -0.15) is 5.10 Å². The molecular weight excluding hydrogens is 306 g/mol. The number of amides is 1. The minimum absolute atomic E-state index is 0.0896. The van der Waals surface area contributed by atoms with Gasteiger partial charge in [0.25, 0.3) is 5.56 Å². The first-order chi connectivity index (χ1) is 11.5. The number of nitrogens with zero attached hydrogens (tertiary/aromatic N) is 2. The van der Waals surface area contributed by atoms with Crippen LogP contribution < -0.4 is 15.6 Å². The number of rotatable bonds is 4. The number of anilines is 1. The summed E-state index contributed by atoms with van der Waals surface area (Å²) in [4.78, 5) is 24.3. The Morgan fingerprint density at radius 3 is 2.83 bits per heavy atom. The van der Waals surface area contributed by atoms with Gasteiger partial charge in [0.1, 0.15) is 12.3 Å². The molecule has 0 saturated heterocycles. The van der Waals surface area contributed by atoms with E-state index >= 15 is 0 Å².